The number of aliphatic hydroxyl groups excluding tert-OH is 1. The normalized spacial score (nSPS) is 18.0. The van der Waals surface area contributed by atoms with Crippen molar-refractivity contribution < 1.29 is 14.6 Å². The Bertz CT molecular complexity index is 630. The quantitative estimate of drug-likeness (QED) is 0.935. The number of pyridine rings is 1. The number of nitrogens with zero attached hydrogens (tertiary/aromatic N) is 2. The summed E-state index contributed by atoms with van der Waals surface area (Å²) in [6.45, 7) is 0.578. The Hall–Kier alpha value is -2.40. The molecule has 108 valence electrons. The number of rotatable bonds is 4. The van der Waals surface area contributed by atoms with Crippen molar-refractivity contribution in [3.8, 4) is 11.6 Å². The Balaban J connectivity index is 1.79. The first-order valence-corrected chi connectivity index (χ1v) is 6.86. The second kappa shape index (κ2) is 5.93. The SMILES string of the molecule is O=C1CC(CO)CN1c1cccc(Oc2ccccn2)c1. The minimum Gasteiger partial charge on any atom is -0.439 e. The van der Waals surface area contributed by atoms with Crippen LogP contribution in [0.4, 0.5) is 5.69 Å². The minimum atomic E-state index is 0.0119. The summed E-state index contributed by atoms with van der Waals surface area (Å²) in [6, 6.07) is 12.8. The van der Waals surface area contributed by atoms with E-state index in [9.17, 15) is 9.90 Å². The van der Waals surface area contributed by atoms with Crippen LogP contribution in [0.1, 0.15) is 6.42 Å². The fourth-order valence-corrected chi connectivity index (χ4v) is 2.40. The topological polar surface area (TPSA) is 62.7 Å². The van der Waals surface area contributed by atoms with Crippen molar-refractivity contribution in [1.82, 2.24) is 4.98 Å². The summed E-state index contributed by atoms with van der Waals surface area (Å²) in [4.78, 5) is 17.8. The van der Waals surface area contributed by atoms with Gasteiger partial charge < -0.3 is 14.7 Å². The zero-order chi connectivity index (χ0) is 14.7. The third kappa shape index (κ3) is 3.03. The molecular weight excluding hydrogens is 268 g/mol. The molecule has 1 amide bonds. The number of aliphatic hydroxyl groups is 1. The highest BCUT2D eigenvalue weighted by Crippen LogP contribution is 2.29. The molecule has 0 aliphatic carbocycles. The van der Waals surface area contributed by atoms with Crippen molar-refractivity contribution in [1.29, 1.82) is 0 Å². The lowest BCUT2D eigenvalue weighted by molar-refractivity contribution is -0.117. The smallest absolute Gasteiger partial charge is 0.227 e. The van der Waals surface area contributed by atoms with Crippen molar-refractivity contribution in [2.24, 2.45) is 5.92 Å². The molecule has 2 heterocycles. The van der Waals surface area contributed by atoms with Crippen LogP contribution in [-0.4, -0.2) is 29.1 Å². The van der Waals surface area contributed by atoms with E-state index in [4.69, 9.17) is 4.74 Å². The van der Waals surface area contributed by atoms with Gasteiger partial charge in [0.1, 0.15) is 5.75 Å². The highest BCUT2D eigenvalue weighted by Gasteiger charge is 2.30. The van der Waals surface area contributed by atoms with Crippen LogP contribution in [0.25, 0.3) is 0 Å². The summed E-state index contributed by atoms with van der Waals surface area (Å²) in [6.07, 6.45) is 2.05. The van der Waals surface area contributed by atoms with Crippen molar-refractivity contribution >= 4 is 11.6 Å². The van der Waals surface area contributed by atoms with Gasteiger partial charge in [-0.2, -0.15) is 0 Å². The van der Waals surface area contributed by atoms with Gasteiger partial charge in [-0.3, -0.25) is 4.79 Å². The standard InChI is InChI=1S/C16H16N2O3/c19-11-12-8-16(20)18(10-12)13-4-3-5-14(9-13)21-15-6-1-2-7-17-15/h1-7,9,12,19H,8,10-11H2. The zero-order valence-corrected chi connectivity index (χ0v) is 11.5. The second-order valence-corrected chi connectivity index (χ2v) is 5.02. The molecule has 0 bridgehead atoms. The van der Waals surface area contributed by atoms with E-state index in [0.717, 1.165) is 5.69 Å². The Morgan fingerprint density at radius 2 is 2.19 bits per heavy atom. The molecule has 1 atom stereocenters. The zero-order valence-electron chi connectivity index (χ0n) is 11.5. The van der Waals surface area contributed by atoms with Gasteiger partial charge in [-0.15, -0.1) is 0 Å². The molecule has 1 aliphatic rings. The van der Waals surface area contributed by atoms with Crippen LogP contribution < -0.4 is 9.64 Å². The maximum absolute atomic E-state index is 12.0. The number of amides is 1. The van der Waals surface area contributed by atoms with Gasteiger partial charge in [0.2, 0.25) is 11.8 Å². The third-order valence-corrected chi connectivity index (χ3v) is 3.45. The van der Waals surface area contributed by atoms with Crippen LogP contribution in [0.15, 0.2) is 48.7 Å². The molecular formula is C16H16N2O3. The summed E-state index contributed by atoms with van der Waals surface area (Å²) >= 11 is 0. The van der Waals surface area contributed by atoms with Gasteiger partial charge in [-0.1, -0.05) is 12.1 Å². The molecule has 5 heteroatoms. The van der Waals surface area contributed by atoms with Crippen LogP contribution in [0, 0.1) is 5.92 Å². The molecule has 1 aliphatic heterocycles. The highest BCUT2D eigenvalue weighted by molar-refractivity contribution is 5.95. The first kappa shape index (κ1) is 13.6. The number of carbonyl (C=O) groups is 1. The van der Waals surface area contributed by atoms with Gasteiger partial charge in [0.15, 0.2) is 0 Å². The van der Waals surface area contributed by atoms with Crippen LogP contribution in [0.3, 0.4) is 0 Å². The molecule has 1 saturated heterocycles. The lowest BCUT2D eigenvalue weighted by Crippen LogP contribution is -2.24. The molecule has 5 nitrogen and oxygen atoms in total. The highest BCUT2D eigenvalue weighted by atomic mass is 16.5. The second-order valence-electron chi connectivity index (χ2n) is 5.02. The van der Waals surface area contributed by atoms with E-state index in [1.165, 1.54) is 0 Å². The predicted molar refractivity (Wildman–Crippen MR) is 78.3 cm³/mol. The molecule has 1 aromatic heterocycles. The summed E-state index contributed by atoms with van der Waals surface area (Å²) in [5.41, 5.74) is 0.782. The summed E-state index contributed by atoms with van der Waals surface area (Å²) in [7, 11) is 0. The van der Waals surface area contributed by atoms with E-state index in [0.29, 0.717) is 24.6 Å². The molecule has 1 unspecified atom stereocenters. The lowest BCUT2D eigenvalue weighted by atomic mass is 10.1. The first-order chi connectivity index (χ1) is 10.3. The van der Waals surface area contributed by atoms with Crippen molar-refractivity contribution in [3.05, 3.63) is 48.7 Å². The van der Waals surface area contributed by atoms with E-state index in [1.54, 1.807) is 17.2 Å². The third-order valence-electron chi connectivity index (χ3n) is 3.45. The molecule has 0 saturated carbocycles. The van der Waals surface area contributed by atoms with Gasteiger partial charge >= 0.3 is 0 Å². The number of anilines is 1. The molecule has 1 N–H and O–H groups in total. The van der Waals surface area contributed by atoms with Gasteiger partial charge in [-0.05, 0) is 18.2 Å². The van der Waals surface area contributed by atoms with Gasteiger partial charge in [-0.25, -0.2) is 4.98 Å². The maximum atomic E-state index is 12.0. The predicted octanol–water partition coefficient (Wildman–Crippen LogP) is 2.22. The molecule has 3 rings (SSSR count). The van der Waals surface area contributed by atoms with E-state index in [-0.39, 0.29) is 18.4 Å². The Morgan fingerprint density at radius 1 is 1.29 bits per heavy atom. The van der Waals surface area contributed by atoms with E-state index < -0.39 is 0 Å². The van der Waals surface area contributed by atoms with E-state index in [2.05, 4.69) is 4.98 Å². The minimum absolute atomic E-state index is 0.0119. The number of ether oxygens (including phenoxy) is 1. The Morgan fingerprint density at radius 3 is 2.90 bits per heavy atom. The molecule has 2 aromatic rings. The van der Waals surface area contributed by atoms with Gasteiger partial charge in [0, 0.05) is 49.5 Å². The van der Waals surface area contributed by atoms with Crippen LogP contribution >= 0.6 is 0 Å². The van der Waals surface area contributed by atoms with Crippen molar-refractivity contribution in [3.63, 3.8) is 0 Å². The molecule has 21 heavy (non-hydrogen) atoms. The molecule has 0 spiro atoms. The number of benzene rings is 1. The van der Waals surface area contributed by atoms with Crippen LogP contribution in [0.5, 0.6) is 11.6 Å². The maximum Gasteiger partial charge on any atom is 0.227 e. The lowest BCUT2D eigenvalue weighted by Gasteiger charge is -2.17. The van der Waals surface area contributed by atoms with E-state index >= 15 is 0 Å². The number of carbonyl (C=O) groups excluding carboxylic acids is 1. The van der Waals surface area contributed by atoms with Crippen molar-refractivity contribution in [2.45, 2.75) is 6.42 Å². The fourth-order valence-electron chi connectivity index (χ4n) is 2.40. The number of hydrogen-bond donors (Lipinski definition) is 1. The molecule has 1 fully saturated rings. The Kier molecular flexibility index (Phi) is 3.83. The fraction of sp³-hybridized carbons (Fsp3) is 0.250. The summed E-state index contributed by atoms with van der Waals surface area (Å²) in [5.74, 6) is 1.18. The van der Waals surface area contributed by atoms with Crippen LogP contribution in [0.2, 0.25) is 0 Å². The largest absolute Gasteiger partial charge is 0.439 e. The monoisotopic (exact) mass is 284 g/mol. The number of aromatic nitrogens is 1. The molecule has 0 radical (unpaired) electrons. The van der Waals surface area contributed by atoms with Gasteiger partial charge in [0.25, 0.3) is 0 Å². The van der Waals surface area contributed by atoms with Crippen LogP contribution in [-0.2, 0) is 4.79 Å². The first-order valence-electron chi connectivity index (χ1n) is 6.86. The van der Waals surface area contributed by atoms with E-state index in [1.807, 2.05) is 36.4 Å². The van der Waals surface area contributed by atoms with Crippen molar-refractivity contribution in [2.75, 3.05) is 18.1 Å². The number of hydrogen-bond acceptors (Lipinski definition) is 4. The average Bonchev–Trinajstić information content (AvgIpc) is 2.90. The summed E-state index contributed by atoms with van der Waals surface area (Å²) in [5, 5.41) is 9.19. The molecule has 1 aromatic carbocycles. The summed E-state index contributed by atoms with van der Waals surface area (Å²) < 4.78 is 5.67. The van der Waals surface area contributed by atoms with Gasteiger partial charge in [0.05, 0.1) is 0 Å². The Labute approximate surface area is 122 Å². The average molecular weight is 284 g/mol.